The van der Waals surface area contributed by atoms with Crippen molar-refractivity contribution >= 4 is 11.7 Å². The molecule has 0 radical (unpaired) electrons. The topological polar surface area (TPSA) is 65.4 Å². The highest BCUT2D eigenvalue weighted by Gasteiger charge is 2.14. The molecule has 1 aromatic carbocycles. The number of rotatable bonds is 8. The summed E-state index contributed by atoms with van der Waals surface area (Å²) in [6, 6.07) is 7.14. The number of hydrogen-bond donors (Lipinski definition) is 1. The minimum atomic E-state index is -0.213. The van der Waals surface area contributed by atoms with Crippen LogP contribution in [0.3, 0.4) is 0 Å². The molecule has 0 bridgehead atoms. The predicted octanol–water partition coefficient (Wildman–Crippen LogP) is 4.15. The quantitative estimate of drug-likeness (QED) is 0.780. The van der Waals surface area contributed by atoms with Gasteiger partial charge in [0, 0.05) is 17.7 Å². The van der Waals surface area contributed by atoms with Gasteiger partial charge in [0.2, 0.25) is 0 Å². The molecule has 0 aliphatic rings. The number of benzene rings is 1. The lowest BCUT2D eigenvalue weighted by molar-refractivity contribution is 0.102. The Balaban J connectivity index is 2.11. The van der Waals surface area contributed by atoms with E-state index in [1.165, 1.54) is 0 Å². The summed E-state index contributed by atoms with van der Waals surface area (Å²) < 4.78 is 12.9. The van der Waals surface area contributed by atoms with Crippen LogP contribution in [-0.4, -0.2) is 29.4 Å². The van der Waals surface area contributed by atoms with Crippen LogP contribution in [0.4, 0.5) is 5.82 Å². The molecule has 1 aromatic heterocycles. The summed E-state index contributed by atoms with van der Waals surface area (Å²) in [4.78, 5) is 12.5. The van der Waals surface area contributed by atoms with Crippen molar-refractivity contribution in [3.63, 3.8) is 0 Å². The fraction of sp³-hybridized carbons (Fsp3) is 0.474. The molecule has 2 rings (SSSR count). The van der Waals surface area contributed by atoms with Crippen LogP contribution in [0.1, 0.15) is 50.5 Å². The van der Waals surface area contributed by atoms with E-state index in [-0.39, 0.29) is 11.9 Å². The van der Waals surface area contributed by atoms with Gasteiger partial charge in [-0.3, -0.25) is 4.79 Å². The van der Waals surface area contributed by atoms with E-state index in [9.17, 15) is 4.79 Å². The molecule has 1 amide bonds. The minimum absolute atomic E-state index is 0.163. The Hall–Kier alpha value is -2.50. The molecule has 6 nitrogen and oxygen atoms in total. The molecule has 0 atom stereocenters. The molecule has 6 heteroatoms. The van der Waals surface area contributed by atoms with Crippen molar-refractivity contribution in [2.24, 2.45) is 5.92 Å². The maximum atomic E-state index is 12.5. The molecule has 0 aliphatic carbocycles. The number of carbonyl (C=O) groups is 1. The van der Waals surface area contributed by atoms with Crippen molar-refractivity contribution in [2.45, 2.75) is 40.2 Å². The SMILES string of the molecule is COc1cc(C(=O)Nc2ccnn2C(C)C)ccc1OCCC(C)C. The zero-order chi connectivity index (χ0) is 18.4. The molecular weight excluding hydrogens is 318 g/mol. The van der Waals surface area contributed by atoms with E-state index >= 15 is 0 Å². The molecule has 136 valence electrons. The molecule has 0 aliphatic heterocycles. The van der Waals surface area contributed by atoms with Gasteiger partial charge in [-0.15, -0.1) is 0 Å². The first-order chi connectivity index (χ1) is 11.9. The Kier molecular flexibility index (Phi) is 6.44. The highest BCUT2D eigenvalue weighted by Crippen LogP contribution is 2.29. The van der Waals surface area contributed by atoms with Gasteiger partial charge in [0.1, 0.15) is 5.82 Å². The number of methoxy groups -OCH3 is 1. The van der Waals surface area contributed by atoms with Crippen LogP contribution in [0.5, 0.6) is 11.5 Å². The Morgan fingerprint density at radius 1 is 1.20 bits per heavy atom. The van der Waals surface area contributed by atoms with Gasteiger partial charge in [0.15, 0.2) is 11.5 Å². The third-order valence-electron chi connectivity index (χ3n) is 3.78. The Morgan fingerprint density at radius 3 is 2.60 bits per heavy atom. The van der Waals surface area contributed by atoms with E-state index in [4.69, 9.17) is 9.47 Å². The van der Waals surface area contributed by atoms with Crippen molar-refractivity contribution < 1.29 is 14.3 Å². The Bertz CT molecular complexity index is 708. The smallest absolute Gasteiger partial charge is 0.256 e. The largest absolute Gasteiger partial charge is 0.493 e. The van der Waals surface area contributed by atoms with Crippen LogP contribution in [0.25, 0.3) is 0 Å². The lowest BCUT2D eigenvalue weighted by atomic mass is 10.1. The number of aromatic nitrogens is 2. The van der Waals surface area contributed by atoms with Crippen molar-refractivity contribution in [3.05, 3.63) is 36.0 Å². The van der Waals surface area contributed by atoms with Crippen LogP contribution in [-0.2, 0) is 0 Å². The van der Waals surface area contributed by atoms with Gasteiger partial charge in [0.25, 0.3) is 5.91 Å². The van der Waals surface area contributed by atoms with Gasteiger partial charge in [-0.05, 0) is 44.4 Å². The highest BCUT2D eigenvalue weighted by atomic mass is 16.5. The van der Waals surface area contributed by atoms with Crippen molar-refractivity contribution in [3.8, 4) is 11.5 Å². The molecule has 25 heavy (non-hydrogen) atoms. The fourth-order valence-electron chi connectivity index (χ4n) is 2.35. The summed E-state index contributed by atoms with van der Waals surface area (Å²) in [7, 11) is 1.57. The Labute approximate surface area is 149 Å². The van der Waals surface area contributed by atoms with Crippen LogP contribution in [0.2, 0.25) is 0 Å². The van der Waals surface area contributed by atoms with Gasteiger partial charge in [-0.1, -0.05) is 13.8 Å². The molecule has 0 unspecified atom stereocenters. The monoisotopic (exact) mass is 345 g/mol. The number of nitrogens with zero attached hydrogens (tertiary/aromatic N) is 2. The molecule has 1 N–H and O–H groups in total. The maximum Gasteiger partial charge on any atom is 0.256 e. The number of nitrogens with one attached hydrogen (secondary N) is 1. The van der Waals surface area contributed by atoms with Crippen LogP contribution in [0.15, 0.2) is 30.5 Å². The Morgan fingerprint density at radius 2 is 1.96 bits per heavy atom. The molecule has 0 spiro atoms. The zero-order valence-electron chi connectivity index (χ0n) is 15.6. The minimum Gasteiger partial charge on any atom is -0.493 e. The first-order valence-corrected chi connectivity index (χ1v) is 8.58. The van der Waals surface area contributed by atoms with Crippen molar-refractivity contribution in [1.29, 1.82) is 0 Å². The highest BCUT2D eigenvalue weighted by molar-refractivity contribution is 6.04. The van der Waals surface area contributed by atoms with E-state index in [1.807, 2.05) is 13.8 Å². The lowest BCUT2D eigenvalue weighted by Crippen LogP contribution is -2.17. The summed E-state index contributed by atoms with van der Waals surface area (Å²) in [5.74, 6) is 2.22. The normalized spacial score (nSPS) is 11.0. The summed E-state index contributed by atoms with van der Waals surface area (Å²) in [6.07, 6.45) is 2.63. The third kappa shape index (κ3) is 4.98. The maximum absolute atomic E-state index is 12.5. The van der Waals surface area contributed by atoms with Crippen LogP contribution >= 0.6 is 0 Å². The number of amides is 1. The molecule has 2 aromatic rings. The summed E-state index contributed by atoms with van der Waals surface area (Å²) in [5, 5.41) is 7.10. The first kappa shape index (κ1) is 18.8. The zero-order valence-corrected chi connectivity index (χ0v) is 15.6. The standard InChI is InChI=1S/C19H27N3O3/c1-13(2)9-11-25-16-7-6-15(12-17(16)24-5)19(23)21-18-8-10-20-22(18)14(3)4/h6-8,10,12-14H,9,11H2,1-5H3,(H,21,23). The second-order valence-electron chi connectivity index (χ2n) is 6.61. The molecule has 0 saturated heterocycles. The first-order valence-electron chi connectivity index (χ1n) is 8.58. The lowest BCUT2D eigenvalue weighted by Gasteiger charge is -2.14. The average molecular weight is 345 g/mol. The molecule has 0 fully saturated rings. The number of carbonyl (C=O) groups excluding carboxylic acids is 1. The number of ether oxygens (including phenoxy) is 2. The van der Waals surface area contributed by atoms with Crippen LogP contribution in [0, 0.1) is 5.92 Å². The van der Waals surface area contributed by atoms with E-state index in [0.29, 0.717) is 35.4 Å². The van der Waals surface area contributed by atoms with Crippen molar-refractivity contribution in [2.75, 3.05) is 19.0 Å². The average Bonchev–Trinajstić information content (AvgIpc) is 3.03. The second-order valence-corrected chi connectivity index (χ2v) is 6.61. The van der Waals surface area contributed by atoms with E-state index in [1.54, 1.807) is 42.3 Å². The van der Waals surface area contributed by atoms with Crippen molar-refractivity contribution in [1.82, 2.24) is 9.78 Å². The van der Waals surface area contributed by atoms with Gasteiger partial charge in [-0.25, -0.2) is 4.68 Å². The number of anilines is 1. The summed E-state index contributed by atoms with van der Waals surface area (Å²) in [5.41, 5.74) is 0.504. The van der Waals surface area contributed by atoms with E-state index < -0.39 is 0 Å². The predicted molar refractivity (Wildman–Crippen MR) is 98.5 cm³/mol. The van der Waals surface area contributed by atoms with E-state index in [0.717, 1.165) is 6.42 Å². The van der Waals surface area contributed by atoms with Gasteiger partial charge >= 0.3 is 0 Å². The summed E-state index contributed by atoms with van der Waals surface area (Å²) >= 11 is 0. The number of hydrogen-bond acceptors (Lipinski definition) is 4. The second kappa shape index (κ2) is 8.55. The molecule has 1 heterocycles. The fourth-order valence-corrected chi connectivity index (χ4v) is 2.35. The van der Waals surface area contributed by atoms with Gasteiger partial charge in [-0.2, -0.15) is 5.10 Å². The molecular formula is C19H27N3O3. The van der Waals surface area contributed by atoms with Gasteiger partial charge < -0.3 is 14.8 Å². The van der Waals surface area contributed by atoms with E-state index in [2.05, 4.69) is 24.3 Å². The summed E-state index contributed by atoms with van der Waals surface area (Å²) in [6.45, 7) is 8.93. The van der Waals surface area contributed by atoms with Gasteiger partial charge in [0.05, 0.1) is 19.9 Å². The van der Waals surface area contributed by atoms with Crippen LogP contribution < -0.4 is 14.8 Å². The molecule has 0 saturated carbocycles. The third-order valence-corrected chi connectivity index (χ3v) is 3.78.